The van der Waals surface area contributed by atoms with Crippen molar-refractivity contribution in [2.45, 2.75) is 24.9 Å². The van der Waals surface area contributed by atoms with Gasteiger partial charge in [0, 0.05) is 6.54 Å². The summed E-state index contributed by atoms with van der Waals surface area (Å²) in [7, 11) is 2.08. The molecule has 0 bridgehead atoms. The van der Waals surface area contributed by atoms with Crippen LogP contribution in [0.4, 0.5) is 0 Å². The summed E-state index contributed by atoms with van der Waals surface area (Å²) in [6, 6.07) is 15.3. The molecule has 0 N–H and O–H groups in total. The summed E-state index contributed by atoms with van der Waals surface area (Å²) in [5.74, 6) is 0.835. The molecule has 2 aromatic carbocycles. The fourth-order valence-corrected chi connectivity index (χ4v) is 3.99. The molecule has 2 aliphatic rings. The second-order valence-electron chi connectivity index (χ2n) is 7.13. The van der Waals surface area contributed by atoms with Crippen molar-refractivity contribution >= 4 is 13.8 Å². The van der Waals surface area contributed by atoms with Crippen molar-refractivity contribution in [3.05, 3.63) is 53.6 Å². The maximum Gasteiger partial charge on any atom is 0.185 e. The molecule has 4 rings (SSSR count). The van der Waals surface area contributed by atoms with E-state index in [4.69, 9.17) is 10.00 Å². The topological polar surface area (TPSA) is 53.3 Å². The highest BCUT2D eigenvalue weighted by atomic mass is 16.5. The van der Waals surface area contributed by atoms with E-state index in [9.17, 15) is 4.79 Å². The van der Waals surface area contributed by atoms with E-state index in [1.54, 1.807) is 6.07 Å². The van der Waals surface area contributed by atoms with Crippen LogP contribution in [0.2, 0.25) is 0 Å². The molecular formula is C20H19BN2O2. The number of nitriles is 1. The van der Waals surface area contributed by atoms with Crippen molar-refractivity contribution in [3.8, 4) is 22.9 Å². The molecule has 1 fully saturated rings. The van der Waals surface area contributed by atoms with Crippen LogP contribution in [0.5, 0.6) is 5.75 Å². The Morgan fingerprint density at radius 1 is 1.20 bits per heavy atom. The fraction of sp³-hybridized carbons (Fsp3) is 0.300. The van der Waals surface area contributed by atoms with E-state index in [0.717, 1.165) is 37.1 Å². The van der Waals surface area contributed by atoms with Gasteiger partial charge in [-0.2, -0.15) is 5.26 Å². The van der Waals surface area contributed by atoms with E-state index in [0.29, 0.717) is 23.3 Å². The molecule has 1 spiro atoms. The number of fused-ring (bicyclic) bond motifs is 1. The molecule has 4 nitrogen and oxygen atoms in total. The molecule has 2 aromatic rings. The normalized spacial score (nSPS) is 22.9. The molecule has 2 aliphatic heterocycles. The van der Waals surface area contributed by atoms with E-state index >= 15 is 0 Å². The van der Waals surface area contributed by atoms with Crippen LogP contribution in [0.15, 0.2) is 42.5 Å². The zero-order valence-electron chi connectivity index (χ0n) is 14.3. The Hall–Kier alpha value is -2.58. The summed E-state index contributed by atoms with van der Waals surface area (Å²) in [4.78, 5) is 15.1. The Morgan fingerprint density at radius 2 is 2.04 bits per heavy atom. The van der Waals surface area contributed by atoms with Gasteiger partial charge in [0.05, 0.1) is 23.6 Å². The number of nitrogens with zero attached hydrogens (tertiary/aromatic N) is 2. The van der Waals surface area contributed by atoms with Crippen molar-refractivity contribution in [3.63, 3.8) is 0 Å². The van der Waals surface area contributed by atoms with Crippen molar-refractivity contribution in [1.82, 2.24) is 4.81 Å². The minimum absolute atomic E-state index is 0.148. The minimum Gasteiger partial charge on any atom is -0.485 e. The van der Waals surface area contributed by atoms with Crippen LogP contribution in [-0.4, -0.2) is 37.3 Å². The predicted octanol–water partition coefficient (Wildman–Crippen LogP) is 2.57. The smallest absolute Gasteiger partial charge is 0.185 e. The van der Waals surface area contributed by atoms with Gasteiger partial charge in [0.15, 0.2) is 13.8 Å². The fourth-order valence-electron chi connectivity index (χ4n) is 3.99. The Labute approximate surface area is 148 Å². The summed E-state index contributed by atoms with van der Waals surface area (Å²) in [6.07, 6.45) is 2.42. The van der Waals surface area contributed by atoms with Gasteiger partial charge in [0.1, 0.15) is 11.4 Å². The Balaban J connectivity index is 1.69. The number of hydrogen-bond donors (Lipinski definition) is 0. The summed E-state index contributed by atoms with van der Waals surface area (Å²) in [5.41, 5.74) is 2.76. The lowest BCUT2D eigenvalue weighted by Crippen LogP contribution is -2.53. The molecule has 0 amide bonds. The average Bonchev–Trinajstić information content (AvgIpc) is 2.61. The maximum atomic E-state index is 12.8. The van der Waals surface area contributed by atoms with Crippen LogP contribution < -0.4 is 4.74 Å². The molecule has 0 aromatic heterocycles. The molecule has 1 saturated heterocycles. The van der Waals surface area contributed by atoms with Gasteiger partial charge in [-0.15, -0.1) is 0 Å². The van der Waals surface area contributed by atoms with E-state index < -0.39 is 0 Å². The van der Waals surface area contributed by atoms with Gasteiger partial charge >= 0.3 is 0 Å². The monoisotopic (exact) mass is 330 g/mol. The van der Waals surface area contributed by atoms with Crippen LogP contribution in [0.25, 0.3) is 11.1 Å². The minimum atomic E-state index is -0.376. The first-order valence-electron chi connectivity index (χ1n) is 8.64. The molecule has 0 radical (unpaired) electrons. The lowest BCUT2D eigenvalue weighted by atomic mass is 9.82. The first kappa shape index (κ1) is 15.9. The van der Waals surface area contributed by atoms with E-state index in [1.165, 1.54) is 0 Å². The van der Waals surface area contributed by atoms with Crippen molar-refractivity contribution in [2.24, 2.45) is 0 Å². The van der Waals surface area contributed by atoms with Crippen LogP contribution in [0.1, 0.15) is 35.2 Å². The van der Waals surface area contributed by atoms with Gasteiger partial charge in [0.2, 0.25) is 0 Å². The van der Waals surface area contributed by atoms with Crippen molar-refractivity contribution in [1.29, 1.82) is 5.26 Å². The SMILES string of the molecule is BN1CCCC2(CC(=O)c3cc(-c4cccc(C#N)c4)ccc3O2)C1. The highest BCUT2D eigenvalue weighted by Crippen LogP contribution is 2.39. The van der Waals surface area contributed by atoms with Crippen LogP contribution >= 0.6 is 0 Å². The number of carbonyl (C=O) groups is 1. The molecule has 0 aliphatic carbocycles. The lowest BCUT2D eigenvalue weighted by molar-refractivity contribution is 0.00366. The zero-order valence-corrected chi connectivity index (χ0v) is 14.3. The Bertz CT molecular complexity index is 890. The summed E-state index contributed by atoms with van der Waals surface area (Å²) >= 11 is 0. The van der Waals surface area contributed by atoms with E-state index in [2.05, 4.69) is 18.9 Å². The number of rotatable bonds is 1. The summed E-state index contributed by atoms with van der Waals surface area (Å²) < 4.78 is 6.32. The van der Waals surface area contributed by atoms with Gasteiger partial charge < -0.3 is 9.55 Å². The molecule has 0 saturated carbocycles. The lowest BCUT2D eigenvalue weighted by Gasteiger charge is -2.44. The summed E-state index contributed by atoms with van der Waals surface area (Å²) in [6.45, 7) is 1.85. The second-order valence-corrected chi connectivity index (χ2v) is 7.13. The first-order valence-corrected chi connectivity index (χ1v) is 8.64. The number of hydrogen-bond acceptors (Lipinski definition) is 4. The van der Waals surface area contributed by atoms with E-state index in [1.807, 2.05) is 36.4 Å². The highest BCUT2D eigenvalue weighted by molar-refractivity contribution is 6.05. The number of piperidine rings is 1. The quantitative estimate of drug-likeness (QED) is 0.754. The third kappa shape index (κ3) is 2.94. The molecule has 124 valence electrons. The summed E-state index contributed by atoms with van der Waals surface area (Å²) in [5, 5.41) is 9.08. The van der Waals surface area contributed by atoms with Gasteiger partial charge in [-0.3, -0.25) is 4.79 Å². The molecule has 5 heteroatoms. The predicted molar refractivity (Wildman–Crippen MR) is 98.3 cm³/mol. The first-order chi connectivity index (χ1) is 12.1. The van der Waals surface area contributed by atoms with Crippen molar-refractivity contribution < 1.29 is 9.53 Å². The standard InChI is InChI=1S/C20H19BN2O2/c21-23-8-2-7-20(13-23)11-18(24)17-10-16(5-6-19(17)25-20)15-4-1-3-14(9-15)12-22/h1,3-6,9-10H,2,7-8,11,13,21H2. The number of Topliss-reactive ketones (excluding diaryl/α,β-unsaturated/α-hetero) is 1. The average molecular weight is 330 g/mol. The van der Waals surface area contributed by atoms with Crippen LogP contribution in [0, 0.1) is 11.3 Å². The van der Waals surface area contributed by atoms with Crippen molar-refractivity contribution in [2.75, 3.05) is 13.1 Å². The maximum absolute atomic E-state index is 12.8. The molecule has 25 heavy (non-hydrogen) atoms. The van der Waals surface area contributed by atoms with Crippen LogP contribution in [0.3, 0.4) is 0 Å². The third-order valence-corrected chi connectivity index (χ3v) is 5.14. The number of ether oxygens (including phenoxy) is 1. The number of benzene rings is 2. The number of ketones is 1. The van der Waals surface area contributed by atoms with Crippen LogP contribution in [-0.2, 0) is 0 Å². The largest absolute Gasteiger partial charge is 0.485 e. The Kier molecular flexibility index (Phi) is 3.86. The molecule has 2 heterocycles. The highest BCUT2D eigenvalue weighted by Gasteiger charge is 2.42. The molecule has 1 unspecified atom stereocenters. The number of carbonyl (C=O) groups excluding carboxylic acids is 1. The molecular weight excluding hydrogens is 311 g/mol. The van der Waals surface area contributed by atoms with E-state index in [-0.39, 0.29) is 11.4 Å². The van der Waals surface area contributed by atoms with Gasteiger partial charge in [0.25, 0.3) is 0 Å². The Morgan fingerprint density at radius 3 is 2.84 bits per heavy atom. The van der Waals surface area contributed by atoms with Gasteiger partial charge in [-0.05, 0) is 54.8 Å². The van der Waals surface area contributed by atoms with Gasteiger partial charge in [-0.25, -0.2) is 0 Å². The third-order valence-electron chi connectivity index (χ3n) is 5.14. The van der Waals surface area contributed by atoms with Gasteiger partial charge in [-0.1, -0.05) is 18.2 Å². The molecule has 1 atom stereocenters. The second kappa shape index (κ2) is 6.05. The zero-order chi connectivity index (χ0) is 17.4.